The van der Waals surface area contributed by atoms with Gasteiger partial charge in [-0.3, -0.25) is 24.2 Å². The van der Waals surface area contributed by atoms with Gasteiger partial charge in [-0.15, -0.1) is 0 Å². The van der Waals surface area contributed by atoms with E-state index in [0.29, 0.717) is 23.1 Å². The molecule has 2 aromatic rings. The molecule has 6 atom stereocenters. The van der Waals surface area contributed by atoms with Crippen molar-refractivity contribution in [1.82, 2.24) is 4.90 Å². The van der Waals surface area contributed by atoms with E-state index in [1.165, 1.54) is 4.90 Å². The molecular formula is C26H24N2O3. The predicted octanol–water partition coefficient (Wildman–Crippen LogP) is 3.65. The first kappa shape index (κ1) is 18.6. The molecule has 7 rings (SSSR count). The summed E-state index contributed by atoms with van der Waals surface area (Å²) >= 11 is 0. The Labute approximate surface area is 181 Å². The summed E-state index contributed by atoms with van der Waals surface area (Å²) in [6, 6.07) is 16.6. The topological polar surface area (TPSA) is 57.7 Å². The van der Waals surface area contributed by atoms with Crippen molar-refractivity contribution in [1.29, 1.82) is 0 Å². The summed E-state index contributed by atoms with van der Waals surface area (Å²) in [5, 5.41) is 0. The monoisotopic (exact) mass is 412 g/mol. The standard InChI is InChI=1S/C26H24N2O3/c1-15-6-5-9-17(12-15)27(24(29)16-7-3-2-4-8-16)14-28-25(30)22-18-10-11-19(21-13-20(18)21)23(22)26(28)31/h2-12,18-23H,13-14H2,1H3/t18-,19+,20-,21-,22+,23-/m1/s1. The maximum absolute atomic E-state index is 13.4. The quantitative estimate of drug-likeness (QED) is 0.569. The zero-order chi connectivity index (χ0) is 21.3. The van der Waals surface area contributed by atoms with E-state index in [1.807, 2.05) is 49.4 Å². The average molecular weight is 412 g/mol. The van der Waals surface area contributed by atoms with Crippen molar-refractivity contribution in [3.8, 4) is 0 Å². The number of carbonyl (C=O) groups excluding carboxylic acids is 3. The molecular weight excluding hydrogens is 388 g/mol. The van der Waals surface area contributed by atoms with E-state index < -0.39 is 0 Å². The molecule has 2 bridgehead atoms. The molecule has 0 spiro atoms. The average Bonchev–Trinajstić information content (AvgIpc) is 3.57. The fourth-order valence-electron chi connectivity index (χ4n) is 6.10. The number of rotatable bonds is 4. The van der Waals surface area contributed by atoms with Gasteiger partial charge in [-0.1, -0.05) is 42.5 Å². The van der Waals surface area contributed by atoms with Gasteiger partial charge >= 0.3 is 0 Å². The number of likely N-dealkylation sites (tertiary alicyclic amines) is 1. The first-order valence-corrected chi connectivity index (χ1v) is 11.0. The van der Waals surface area contributed by atoms with Gasteiger partial charge in [0.15, 0.2) is 0 Å². The molecule has 0 aromatic heterocycles. The Balaban J connectivity index is 1.35. The summed E-state index contributed by atoms with van der Waals surface area (Å²) in [6.07, 6.45) is 5.47. The second-order valence-electron chi connectivity index (χ2n) is 9.34. The van der Waals surface area contributed by atoms with E-state index in [2.05, 4.69) is 12.2 Å². The molecule has 0 unspecified atom stereocenters. The number of benzene rings is 2. The number of imide groups is 1. The number of hydrogen-bond donors (Lipinski definition) is 0. The van der Waals surface area contributed by atoms with Crippen LogP contribution in [0.25, 0.3) is 0 Å². The van der Waals surface area contributed by atoms with E-state index in [0.717, 1.165) is 12.0 Å². The van der Waals surface area contributed by atoms with E-state index in [1.54, 1.807) is 17.0 Å². The molecule has 0 radical (unpaired) electrons. The van der Waals surface area contributed by atoms with Gasteiger partial charge in [0.05, 0.1) is 11.8 Å². The van der Waals surface area contributed by atoms with Crippen LogP contribution in [0.15, 0.2) is 66.7 Å². The molecule has 5 heteroatoms. The summed E-state index contributed by atoms with van der Waals surface area (Å²) in [6.45, 7) is 1.92. The minimum Gasteiger partial charge on any atom is -0.290 e. The number of amides is 3. The van der Waals surface area contributed by atoms with Crippen molar-refractivity contribution in [3.05, 3.63) is 77.9 Å². The van der Waals surface area contributed by atoms with Crippen molar-refractivity contribution >= 4 is 23.4 Å². The Morgan fingerprint density at radius 1 is 0.935 bits per heavy atom. The Kier molecular flexibility index (Phi) is 3.98. The first-order valence-electron chi connectivity index (χ1n) is 11.0. The normalized spacial score (nSPS) is 32.1. The summed E-state index contributed by atoms with van der Waals surface area (Å²) in [4.78, 5) is 43.2. The second-order valence-corrected chi connectivity index (χ2v) is 9.34. The van der Waals surface area contributed by atoms with Gasteiger partial charge in [-0.05, 0) is 66.8 Å². The SMILES string of the molecule is Cc1cccc(N(CN2C(=O)[C@@H]3[C@H]4C=C[C@H]([C@H]5C[C@H]45)[C@@H]3C2=O)C(=O)c2ccccc2)c1. The lowest BCUT2D eigenvalue weighted by atomic mass is 9.63. The summed E-state index contributed by atoms with van der Waals surface area (Å²) < 4.78 is 0. The van der Waals surface area contributed by atoms with E-state index >= 15 is 0 Å². The van der Waals surface area contributed by atoms with Gasteiger partial charge in [-0.2, -0.15) is 0 Å². The van der Waals surface area contributed by atoms with Crippen LogP contribution in [0.4, 0.5) is 5.69 Å². The molecule has 31 heavy (non-hydrogen) atoms. The number of nitrogens with zero attached hydrogens (tertiary/aromatic N) is 2. The third-order valence-electron chi connectivity index (χ3n) is 7.62. The van der Waals surface area contributed by atoms with Crippen LogP contribution >= 0.6 is 0 Å². The molecule has 3 fully saturated rings. The minimum absolute atomic E-state index is 0.0450. The molecule has 2 aromatic carbocycles. The molecule has 1 saturated heterocycles. The molecule has 2 saturated carbocycles. The number of hydrogen-bond acceptors (Lipinski definition) is 3. The van der Waals surface area contributed by atoms with Crippen LogP contribution in [0, 0.1) is 42.4 Å². The van der Waals surface area contributed by atoms with Crippen molar-refractivity contribution < 1.29 is 14.4 Å². The molecule has 3 amide bonds. The van der Waals surface area contributed by atoms with Crippen molar-refractivity contribution in [2.45, 2.75) is 13.3 Å². The summed E-state index contributed by atoms with van der Waals surface area (Å²) in [7, 11) is 0. The Morgan fingerprint density at radius 3 is 2.19 bits per heavy atom. The fourth-order valence-corrected chi connectivity index (χ4v) is 6.10. The van der Waals surface area contributed by atoms with Crippen LogP contribution in [0.1, 0.15) is 22.3 Å². The molecule has 0 N–H and O–H groups in total. The summed E-state index contributed by atoms with van der Waals surface area (Å²) in [5.74, 6) is 0.535. The molecule has 1 heterocycles. The van der Waals surface area contributed by atoms with E-state index in [4.69, 9.17) is 0 Å². The molecule has 4 aliphatic carbocycles. The van der Waals surface area contributed by atoms with Gasteiger partial charge in [0.1, 0.15) is 6.67 Å². The van der Waals surface area contributed by atoms with E-state index in [-0.39, 0.29) is 48.1 Å². The third-order valence-corrected chi connectivity index (χ3v) is 7.62. The molecule has 1 aliphatic heterocycles. The van der Waals surface area contributed by atoms with Crippen LogP contribution in [0.3, 0.4) is 0 Å². The Hall–Kier alpha value is -3.21. The first-order chi connectivity index (χ1) is 15.0. The van der Waals surface area contributed by atoms with Crippen LogP contribution < -0.4 is 4.90 Å². The number of carbonyl (C=O) groups is 3. The van der Waals surface area contributed by atoms with Gasteiger partial charge in [-0.25, -0.2) is 0 Å². The largest absolute Gasteiger partial charge is 0.290 e. The maximum atomic E-state index is 13.4. The Morgan fingerprint density at radius 2 is 1.58 bits per heavy atom. The zero-order valence-electron chi connectivity index (χ0n) is 17.3. The highest BCUT2D eigenvalue weighted by Gasteiger charge is 2.67. The second kappa shape index (κ2) is 6.64. The van der Waals surface area contributed by atoms with Crippen LogP contribution in [0.5, 0.6) is 0 Å². The smallest absolute Gasteiger partial charge is 0.259 e. The van der Waals surface area contributed by atoms with E-state index in [9.17, 15) is 14.4 Å². The molecule has 5 nitrogen and oxygen atoms in total. The third kappa shape index (κ3) is 2.72. The summed E-state index contributed by atoms with van der Waals surface area (Å²) in [5.41, 5.74) is 2.23. The lowest BCUT2D eigenvalue weighted by Crippen LogP contribution is -2.45. The van der Waals surface area contributed by atoms with Crippen molar-refractivity contribution in [3.63, 3.8) is 0 Å². The Bertz CT molecular complexity index is 1090. The van der Waals surface area contributed by atoms with Gasteiger partial charge < -0.3 is 0 Å². The number of allylic oxidation sites excluding steroid dienone is 2. The van der Waals surface area contributed by atoms with Crippen molar-refractivity contribution in [2.75, 3.05) is 11.6 Å². The van der Waals surface area contributed by atoms with Crippen LogP contribution in [-0.2, 0) is 9.59 Å². The van der Waals surface area contributed by atoms with Crippen molar-refractivity contribution in [2.24, 2.45) is 35.5 Å². The van der Waals surface area contributed by atoms with Crippen LogP contribution in [-0.4, -0.2) is 29.3 Å². The van der Waals surface area contributed by atoms with Gasteiger partial charge in [0.2, 0.25) is 11.8 Å². The highest BCUT2D eigenvalue weighted by molar-refractivity contribution is 6.09. The van der Waals surface area contributed by atoms with Gasteiger partial charge in [0.25, 0.3) is 5.91 Å². The van der Waals surface area contributed by atoms with Gasteiger partial charge in [0, 0.05) is 11.3 Å². The predicted molar refractivity (Wildman–Crippen MR) is 116 cm³/mol. The number of aryl methyl sites for hydroxylation is 1. The minimum atomic E-state index is -0.252. The van der Waals surface area contributed by atoms with Crippen LogP contribution in [0.2, 0.25) is 0 Å². The zero-order valence-corrected chi connectivity index (χ0v) is 17.3. The fraction of sp³-hybridized carbons (Fsp3) is 0.346. The molecule has 5 aliphatic rings. The lowest BCUT2D eigenvalue weighted by Gasteiger charge is -2.37. The lowest BCUT2D eigenvalue weighted by molar-refractivity contribution is -0.140. The molecule has 156 valence electrons. The number of anilines is 1. The maximum Gasteiger partial charge on any atom is 0.259 e. The highest BCUT2D eigenvalue weighted by Crippen LogP contribution is 2.65. The highest BCUT2D eigenvalue weighted by atomic mass is 16.2.